The van der Waals surface area contributed by atoms with E-state index in [0.717, 1.165) is 17.1 Å². The highest BCUT2D eigenvalue weighted by Crippen LogP contribution is 2.51. The molecule has 0 radical (unpaired) electrons. The van der Waals surface area contributed by atoms with E-state index in [-0.39, 0.29) is 0 Å². The molecular weight excluding hydrogens is 569 g/mol. The molecule has 1 heterocycles. The van der Waals surface area contributed by atoms with Crippen molar-refractivity contribution in [3.05, 3.63) is 170 Å². The summed E-state index contributed by atoms with van der Waals surface area (Å²) in [6, 6.07) is 61.4. The van der Waals surface area contributed by atoms with Crippen molar-refractivity contribution in [3.8, 4) is 56.0 Å². The van der Waals surface area contributed by atoms with Crippen LogP contribution in [0.25, 0.3) is 87.6 Å². The summed E-state index contributed by atoms with van der Waals surface area (Å²) < 4.78 is 6.62. The second-order valence-electron chi connectivity index (χ2n) is 12.4. The van der Waals surface area contributed by atoms with Gasteiger partial charge in [0.15, 0.2) is 0 Å². The molecular formula is C46H28O. The van der Waals surface area contributed by atoms with Crippen LogP contribution in [0.4, 0.5) is 0 Å². The normalized spacial score (nSPS) is 12.0. The molecule has 0 N–H and O–H groups in total. The number of ether oxygens (including phenoxy) is 1. The molecule has 9 aromatic rings. The van der Waals surface area contributed by atoms with E-state index in [1.54, 1.807) is 0 Å². The van der Waals surface area contributed by atoms with Crippen molar-refractivity contribution in [1.82, 2.24) is 0 Å². The highest BCUT2D eigenvalue weighted by Gasteiger charge is 2.24. The van der Waals surface area contributed by atoms with E-state index in [1.165, 1.54) is 82.0 Å². The van der Waals surface area contributed by atoms with Gasteiger partial charge in [0.25, 0.3) is 0 Å². The summed E-state index contributed by atoms with van der Waals surface area (Å²) in [6.07, 6.45) is 0. The minimum absolute atomic E-state index is 0.891. The third-order valence-corrected chi connectivity index (χ3v) is 9.86. The number of hydrogen-bond donors (Lipinski definition) is 0. The SMILES string of the molecule is c1ccc(-c2ccc3c4c(cccc24)-c2cc(-c4c5ccccc5c(-c5cccc6ccccc56)c5ccccc45)ccc2O3)cc1. The van der Waals surface area contributed by atoms with Gasteiger partial charge in [0.05, 0.1) is 0 Å². The molecule has 0 atom stereocenters. The first-order chi connectivity index (χ1) is 23.3. The van der Waals surface area contributed by atoms with Crippen LogP contribution in [-0.2, 0) is 0 Å². The molecule has 1 heteroatoms. The van der Waals surface area contributed by atoms with Gasteiger partial charge in [0.1, 0.15) is 11.5 Å². The first-order valence-corrected chi connectivity index (χ1v) is 16.2. The highest BCUT2D eigenvalue weighted by atomic mass is 16.5. The zero-order valence-corrected chi connectivity index (χ0v) is 25.6. The molecule has 0 aromatic heterocycles. The summed E-state index contributed by atoms with van der Waals surface area (Å²) in [6.45, 7) is 0. The minimum Gasteiger partial charge on any atom is -0.456 e. The Labute approximate surface area is 272 Å². The summed E-state index contributed by atoms with van der Waals surface area (Å²) in [5.41, 5.74) is 9.73. The zero-order chi connectivity index (χ0) is 30.9. The average Bonchev–Trinajstić information content (AvgIpc) is 3.14. The zero-order valence-electron chi connectivity index (χ0n) is 25.6. The Bertz CT molecular complexity index is 2640. The number of rotatable bonds is 3. The first kappa shape index (κ1) is 26.1. The van der Waals surface area contributed by atoms with Crippen LogP contribution in [0.3, 0.4) is 0 Å². The summed E-state index contributed by atoms with van der Waals surface area (Å²) in [4.78, 5) is 0. The summed E-state index contributed by atoms with van der Waals surface area (Å²) in [5, 5.41) is 9.90. The van der Waals surface area contributed by atoms with Gasteiger partial charge in [-0.05, 0) is 94.8 Å². The maximum Gasteiger partial charge on any atom is 0.135 e. The second-order valence-corrected chi connectivity index (χ2v) is 12.4. The summed E-state index contributed by atoms with van der Waals surface area (Å²) >= 11 is 0. The standard InChI is InChI=1S/C46H28O/c1-2-12-29(13-3-1)33-25-27-43-46-35(33)22-11-23-40(46)41-28-31(24-26-42(41)47-43)44-36-17-6-8-19-38(36)45(39-20-9-7-18-37(39)44)34-21-10-15-30-14-4-5-16-32(30)34/h1-28H. The van der Waals surface area contributed by atoms with Crippen molar-refractivity contribution < 1.29 is 4.74 Å². The Morgan fingerprint density at radius 2 is 0.872 bits per heavy atom. The van der Waals surface area contributed by atoms with Crippen LogP contribution >= 0.6 is 0 Å². The molecule has 1 aliphatic rings. The van der Waals surface area contributed by atoms with Gasteiger partial charge in [-0.1, -0.05) is 152 Å². The Balaban J connectivity index is 1.24. The predicted molar refractivity (Wildman–Crippen MR) is 198 cm³/mol. The quantitative estimate of drug-likeness (QED) is 0.184. The maximum absolute atomic E-state index is 6.62. The molecule has 0 unspecified atom stereocenters. The van der Waals surface area contributed by atoms with Gasteiger partial charge >= 0.3 is 0 Å². The Morgan fingerprint density at radius 3 is 1.64 bits per heavy atom. The van der Waals surface area contributed by atoms with Crippen LogP contribution in [0.15, 0.2) is 170 Å². The van der Waals surface area contributed by atoms with Crippen molar-refractivity contribution in [3.63, 3.8) is 0 Å². The molecule has 47 heavy (non-hydrogen) atoms. The van der Waals surface area contributed by atoms with Crippen molar-refractivity contribution in [2.75, 3.05) is 0 Å². The monoisotopic (exact) mass is 596 g/mol. The van der Waals surface area contributed by atoms with Crippen LogP contribution in [-0.4, -0.2) is 0 Å². The minimum atomic E-state index is 0.891. The Morgan fingerprint density at radius 1 is 0.298 bits per heavy atom. The van der Waals surface area contributed by atoms with E-state index in [9.17, 15) is 0 Å². The second kappa shape index (κ2) is 10.2. The topological polar surface area (TPSA) is 9.23 Å². The van der Waals surface area contributed by atoms with Gasteiger partial charge in [0.2, 0.25) is 0 Å². The average molecular weight is 597 g/mol. The maximum atomic E-state index is 6.62. The van der Waals surface area contributed by atoms with Crippen molar-refractivity contribution in [2.24, 2.45) is 0 Å². The molecule has 0 spiro atoms. The van der Waals surface area contributed by atoms with Gasteiger partial charge in [0, 0.05) is 10.9 Å². The molecule has 9 aromatic carbocycles. The van der Waals surface area contributed by atoms with Crippen LogP contribution in [0.2, 0.25) is 0 Å². The smallest absolute Gasteiger partial charge is 0.135 e. The van der Waals surface area contributed by atoms with Gasteiger partial charge in [-0.15, -0.1) is 0 Å². The van der Waals surface area contributed by atoms with E-state index in [4.69, 9.17) is 4.74 Å². The fraction of sp³-hybridized carbons (Fsp3) is 0. The first-order valence-electron chi connectivity index (χ1n) is 16.2. The number of benzene rings is 9. The van der Waals surface area contributed by atoms with Crippen molar-refractivity contribution in [1.29, 1.82) is 0 Å². The van der Waals surface area contributed by atoms with Crippen molar-refractivity contribution >= 4 is 43.1 Å². The van der Waals surface area contributed by atoms with Crippen LogP contribution in [0.1, 0.15) is 0 Å². The van der Waals surface area contributed by atoms with E-state index in [1.807, 2.05) is 0 Å². The molecule has 0 saturated carbocycles. The lowest BCUT2D eigenvalue weighted by Gasteiger charge is -2.24. The van der Waals surface area contributed by atoms with Crippen molar-refractivity contribution in [2.45, 2.75) is 0 Å². The van der Waals surface area contributed by atoms with Crippen LogP contribution < -0.4 is 4.74 Å². The Hall–Kier alpha value is -6.18. The van der Waals surface area contributed by atoms with Crippen LogP contribution in [0, 0.1) is 0 Å². The predicted octanol–water partition coefficient (Wildman–Crippen LogP) is 13.1. The fourth-order valence-electron chi connectivity index (χ4n) is 7.83. The van der Waals surface area contributed by atoms with Gasteiger partial charge < -0.3 is 4.74 Å². The molecule has 1 nitrogen and oxygen atoms in total. The third-order valence-electron chi connectivity index (χ3n) is 9.86. The lowest BCUT2D eigenvalue weighted by atomic mass is 9.83. The van der Waals surface area contributed by atoms with Crippen LogP contribution in [0.5, 0.6) is 11.5 Å². The van der Waals surface area contributed by atoms with Gasteiger partial charge in [-0.3, -0.25) is 0 Å². The fourth-order valence-corrected chi connectivity index (χ4v) is 7.83. The molecule has 218 valence electrons. The number of hydrogen-bond acceptors (Lipinski definition) is 1. The lowest BCUT2D eigenvalue weighted by Crippen LogP contribution is -1.99. The van der Waals surface area contributed by atoms with E-state index in [0.29, 0.717) is 0 Å². The molecule has 0 amide bonds. The molecule has 0 saturated heterocycles. The number of fused-ring (bicyclic) bond motifs is 5. The molecule has 10 rings (SSSR count). The van der Waals surface area contributed by atoms with E-state index >= 15 is 0 Å². The molecule has 0 bridgehead atoms. The molecule has 0 aliphatic carbocycles. The highest BCUT2D eigenvalue weighted by molar-refractivity contribution is 6.24. The molecule has 1 aliphatic heterocycles. The molecule has 0 fully saturated rings. The van der Waals surface area contributed by atoms with E-state index in [2.05, 4.69) is 170 Å². The summed E-state index contributed by atoms with van der Waals surface area (Å²) in [7, 11) is 0. The van der Waals surface area contributed by atoms with Gasteiger partial charge in [-0.25, -0.2) is 0 Å². The largest absolute Gasteiger partial charge is 0.456 e. The third kappa shape index (κ3) is 3.90. The van der Waals surface area contributed by atoms with Gasteiger partial charge in [-0.2, -0.15) is 0 Å². The Kier molecular flexibility index (Phi) is 5.64. The lowest BCUT2D eigenvalue weighted by molar-refractivity contribution is 0.487. The summed E-state index contributed by atoms with van der Waals surface area (Å²) in [5.74, 6) is 1.80. The van der Waals surface area contributed by atoms with E-state index < -0.39 is 0 Å².